The Hall–Kier alpha value is -2.50. The summed E-state index contributed by atoms with van der Waals surface area (Å²) in [5, 5.41) is 0. The van der Waals surface area contributed by atoms with Crippen LogP contribution in [0.5, 0.6) is 11.5 Å². The Labute approximate surface area is 202 Å². The van der Waals surface area contributed by atoms with E-state index in [0.717, 1.165) is 25.8 Å². The second kappa shape index (κ2) is 9.97. The summed E-state index contributed by atoms with van der Waals surface area (Å²) >= 11 is 5.30. The van der Waals surface area contributed by atoms with E-state index >= 15 is 0 Å². The number of esters is 1. The van der Waals surface area contributed by atoms with Crippen molar-refractivity contribution in [1.82, 2.24) is 0 Å². The van der Waals surface area contributed by atoms with Crippen LogP contribution in [0.25, 0.3) is 0 Å². The lowest BCUT2D eigenvalue weighted by Gasteiger charge is -2.09. The number of thioether (sulfide) groups is 1. The highest BCUT2D eigenvalue weighted by Crippen LogP contribution is 2.60. The van der Waals surface area contributed by atoms with E-state index in [1.54, 1.807) is 11.8 Å². The molecule has 0 radical (unpaired) electrons. The standard InChI is InChI=1S/C27H25BrO3S/c1-27(2)23(17-24(28)32-22-14-7-4-8-15-22)25(27)26(29)30-18-19-10-9-13-21(16-19)31-20-11-5-3-6-12-20/h3-17,23,25H,18H2,1-2H3/b24-17+. The molecule has 3 nitrogen and oxygen atoms in total. The Morgan fingerprint density at radius 1 is 0.969 bits per heavy atom. The maximum atomic E-state index is 12.8. The number of rotatable bonds is 8. The average molecular weight is 509 g/mol. The summed E-state index contributed by atoms with van der Waals surface area (Å²) in [4.78, 5) is 14.0. The zero-order valence-electron chi connectivity index (χ0n) is 18.0. The zero-order valence-corrected chi connectivity index (χ0v) is 20.4. The van der Waals surface area contributed by atoms with Gasteiger partial charge in [-0.05, 0) is 69.2 Å². The number of ether oxygens (including phenoxy) is 2. The van der Waals surface area contributed by atoms with E-state index in [9.17, 15) is 4.79 Å². The van der Waals surface area contributed by atoms with Gasteiger partial charge in [0.1, 0.15) is 18.1 Å². The van der Waals surface area contributed by atoms with Gasteiger partial charge in [0.15, 0.2) is 0 Å². The van der Waals surface area contributed by atoms with E-state index in [2.05, 4.69) is 48.0 Å². The number of para-hydroxylation sites is 1. The maximum Gasteiger partial charge on any atom is 0.310 e. The molecule has 3 aromatic carbocycles. The van der Waals surface area contributed by atoms with Gasteiger partial charge in [-0.25, -0.2) is 0 Å². The number of allylic oxidation sites excluding steroid dienone is 1. The van der Waals surface area contributed by atoms with Crippen molar-refractivity contribution in [2.45, 2.75) is 25.3 Å². The molecular formula is C27H25BrO3S. The monoisotopic (exact) mass is 508 g/mol. The number of carbonyl (C=O) groups excluding carboxylic acids is 1. The lowest BCUT2D eigenvalue weighted by Crippen LogP contribution is -2.10. The topological polar surface area (TPSA) is 35.5 Å². The molecule has 0 spiro atoms. The molecular weight excluding hydrogens is 484 g/mol. The Morgan fingerprint density at radius 2 is 1.62 bits per heavy atom. The van der Waals surface area contributed by atoms with Crippen molar-refractivity contribution in [1.29, 1.82) is 0 Å². The Morgan fingerprint density at radius 3 is 2.34 bits per heavy atom. The van der Waals surface area contributed by atoms with Gasteiger partial charge in [-0.2, -0.15) is 0 Å². The number of halogens is 1. The fourth-order valence-electron chi connectivity index (χ4n) is 3.78. The smallest absolute Gasteiger partial charge is 0.310 e. The summed E-state index contributed by atoms with van der Waals surface area (Å²) in [6, 6.07) is 27.4. The molecule has 164 valence electrons. The molecule has 2 atom stereocenters. The van der Waals surface area contributed by atoms with Gasteiger partial charge in [-0.1, -0.05) is 80.2 Å². The summed E-state index contributed by atoms with van der Waals surface area (Å²) < 4.78 is 12.6. The SMILES string of the molecule is CC1(C)C(/C=C(\Br)Sc2ccccc2)C1C(=O)OCc1cccc(Oc2ccccc2)c1. The Balaban J connectivity index is 1.34. The summed E-state index contributed by atoms with van der Waals surface area (Å²) in [7, 11) is 0. The van der Waals surface area contributed by atoms with Gasteiger partial charge in [0.05, 0.1) is 9.73 Å². The number of carbonyl (C=O) groups is 1. The predicted octanol–water partition coefficient (Wildman–Crippen LogP) is 7.82. The van der Waals surface area contributed by atoms with Crippen molar-refractivity contribution in [3.63, 3.8) is 0 Å². The summed E-state index contributed by atoms with van der Waals surface area (Å²) in [5.74, 6) is 1.34. The van der Waals surface area contributed by atoms with Gasteiger partial charge >= 0.3 is 5.97 Å². The van der Waals surface area contributed by atoms with Gasteiger partial charge in [-0.3, -0.25) is 4.79 Å². The van der Waals surface area contributed by atoms with Crippen molar-refractivity contribution in [3.05, 3.63) is 100 Å². The first kappa shape index (κ1) is 22.7. The predicted molar refractivity (Wildman–Crippen MR) is 133 cm³/mol. The average Bonchev–Trinajstić information content (AvgIpc) is 3.33. The summed E-state index contributed by atoms with van der Waals surface area (Å²) in [5.41, 5.74) is 0.782. The second-order valence-corrected chi connectivity index (χ2v) is 10.9. The molecule has 1 saturated carbocycles. The van der Waals surface area contributed by atoms with Crippen LogP contribution in [0.15, 0.2) is 99.7 Å². The van der Waals surface area contributed by atoms with Crippen LogP contribution in [0, 0.1) is 17.3 Å². The molecule has 1 aliphatic rings. The fraction of sp³-hybridized carbons (Fsp3) is 0.222. The first-order valence-electron chi connectivity index (χ1n) is 10.5. The lowest BCUT2D eigenvalue weighted by molar-refractivity contribution is -0.147. The third-order valence-corrected chi connectivity index (χ3v) is 7.28. The van der Waals surface area contributed by atoms with E-state index in [4.69, 9.17) is 9.47 Å². The number of hydrogen-bond acceptors (Lipinski definition) is 4. The quantitative estimate of drug-likeness (QED) is 0.229. The highest BCUT2D eigenvalue weighted by Gasteiger charge is 2.61. The summed E-state index contributed by atoms with van der Waals surface area (Å²) in [6.45, 7) is 4.46. The molecule has 0 aromatic heterocycles. The molecule has 32 heavy (non-hydrogen) atoms. The van der Waals surface area contributed by atoms with Crippen LogP contribution in [-0.4, -0.2) is 5.97 Å². The molecule has 3 aromatic rings. The van der Waals surface area contributed by atoms with Crippen LogP contribution in [0.2, 0.25) is 0 Å². The molecule has 0 amide bonds. The van der Waals surface area contributed by atoms with Crippen LogP contribution in [0.1, 0.15) is 19.4 Å². The van der Waals surface area contributed by atoms with Gasteiger partial charge in [-0.15, -0.1) is 0 Å². The molecule has 0 aliphatic heterocycles. The highest BCUT2D eigenvalue weighted by molar-refractivity contribution is 9.14. The molecule has 4 rings (SSSR count). The van der Waals surface area contributed by atoms with Gasteiger partial charge in [0.2, 0.25) is 0 Å². The largest absolute Gasteiger partial charge is 0.461 e. The third kappa shape index (κ3) is 5.64. The van der Waals surface area contributed by atoms with E-state index in [1.807, 2.05) is 72.8 Å². The molecule has 1 aliphatic carbocycles. The molecule has 1 fully saturated rings. The van der Waals surface area contributed by atoms with E-state index < -0.39 is 0 Å². The number of benzene rings is 3. The van der Waals surface area contributed by atoms with Gasteiger partial charge in [0.25, 0.3) is 0 Å². The van der Waals surface area contributed by atoms with Gasteiger partial charge < -0.3 is 9.47 Å². The van der Waals surface area contributed by atoms with Crippen molar-refractivity contribution in [2.24, 2.45) is 17.3 Å². The first-order chi connectivity index (χ1) is 15.4. The van der Waals surface area contributed by atoms with Crippen molar-refractivity contribution < 1.29 is 14.3 Å². The molecule has 5 heteroatoms. The van der Waals surface area contributed by atoms with E-state index in [0.29, 0.717) is 0 Å². The second-order valence-electron chi connectivity index (χ2n) is 8.38. The minimum absolute atomic E-state index is 0.119. The maximum absolute atomic E-state index is 12.8. The van der Waals surface area contributed by atoms with Crippen LogP contribution >= 0.6 is 27.7 Å². The minimum Gasteiger partial charge on any atom is -0.461 e. The van der Waals surface area contributed by atoms with Crippen molar-refractivity contribution in [2.75, 3.05) is 0 Å². The van der Waals surface area contributed by atoms with Crippen molar-refractivity contribution in [3.8, 4) is 11.5 Å². The third-order valence-electron chi connectivity index (χ3n) is 5.69. The number of hydrogen-bond donors (Lipinski definition) is 0. The van der Waals surface area contributed by atoms with Crippen LogP contribution in [0.4, 0.5) is 0 Å². The Bertz CT molecular complexity index is 1100. The molecule has 2 unspecified atom stereocenters. The molecule has 0 heterocycles. The molecule has 0 bridgehead atoms. The van der Waals surface area contributed by atoms with E-state index in [1.165, 1.54) is 0 Å². The van der Waals surface area contributed by atoms with Crippen LogP contribution < -0.4 is 4.74 Å². The normalized spacial score (nSPS) is 19.3. The zero-order chi connectivity index (χ0) is 22.6. The van der Waals surface area contributed by atoms with Crippen molar-refractivity contribution >= 4 is 33.7 Å². The first-order valence-corrected chi connectivity index (χ1v) is 12.1. The summed E-state index contributed by atoms with van der Waals surface area (Å²) in [6.07, 6.45) is 2.14. The molecule has 0 saturated heterocycles. The highest BCUT2D eigenvalue weighted by atomic mass is 79.9. The van der Waals surface area contributed by atoms with Crippen LogP contribution in [0.3, 0.4) is 0 Å². The van der Waals surface area contributed by atoms with Gasteiger partial charge in [0, 0.05) is 4.90 Å². The Kier molecular flexibility index (Phi) is 7.07. The molecule has 0 N–H and O–H groups in total. The fourth-order valence-corrected chi connectivity index (χ4v) is 5.36. The van der Waals surface area contributed by atoms with E-state index in [-0.39, 0.29) is 29.8 Å². The lowest BCUT2D eigenvalue weighted by atomic mass is 10.1. The van der Waals surface area contributed by atoms with Crippen LogP contribution in [-0.2, 0) is 16.1 Å². The minimum atomic E-state index is -0.157.